The minimum absolute atomic E-state index is 0.128. The van der Waals surface area contributed by atoms with Gasteiger partial charge in [-0.3, -0.25) is 14.3 Å². The van der Waals surface area contributed by atoms with Crippen molar-refractivity contribution in [2.75, 3.05) is 56.9 Å². The Labute approximate surface area is 240 Å². The fourth-order valence-electron chi connectivity index (χ4n) is 4.23. The van der Waals surface area contributed by atoms with Gasteiger partial charge in [-0.25, -0.2) is 4.98 Å². The van der Waals surface area contributed by atoms with Gasteiger partial charge in [0.2, 0.25) is 5.91 Å². The molecule has 0 atom stereocenters. The maximum atomic E-state index is 13.3. The molecule has 0 saturated heterocycles. The molecule has 4 aromatic rings. The number of rotatable bonds is 12. The number of likely N-dealkylation sites (N-methyl/N-ethyl adjacent to an activating group) is 2. The van der Waals surface area contributed by atoms with Crippen LogP contribution in [0.1, 0.15) is 15.9 Å². The second-order valence-corrected chi connectivity index (χ2v) is 9.85. The van der Waals surface area contributed by atoms with E-state index < -0.39 is 0 Å². The second kappa shape index (κ2) is 12.9. The number of methoxy groups -OCH3 is 1. The SMILES string of the molecule is C=CC(=O)Nc1cc(Nc2cc(C(=O)c3ccc(-c4cnn(C)c4)cc3)ccn2)c(OC)cc1N(C)CCN(C)C. The van der Waals surface area contributed by atoms with Crippen LogP contribution in [0.3, 0.4) is 0 Å². The van der Waals surface area contributed by atoms with Crippen molar-refractivity contribution in [1.82, 2.24) is 19.7 Å². The molecule has 0 bridgehead atoms. The molecule has 10 heteroatoms. The summed E-state index contributed by atoms with van der Waals surface area (Å²) in [6.45, 7) is 5.12. The van der Waals surface area contributed by atoms with Crippen LogP contribution in [-0.4, -0.2) is 72.7 Å². The Morgan fingerprint density at radius 2 is 1.76 bits per heavy atom. The van der Waals surface area contributed by atoms with Crippen molar-refractivity contribution in [2.45, 2.75) is 0 Å². The van der Waals surface area contributed by atoms with Crippen molar-refractivity contribution in [2.24, 2.45) is 7.05 Å². The van der Waals surface area contributed by atoms with E-state index in [9.17, 15) is 9.59 Å². The standard InChI is InChI=1S/C31H35N7O3/c1-7-30(39)35-25-17-26(28(41-6)18-27(25)37(4)15-14-36(2)3)34-29-16-23(12-13-32-29)31(40)22-10-8-21(9-11-22)24-19-33-38(5)20-24/h7-13,16-20H,1,14-15H2,2-6H3,(H,32,34)(H,35,39). The fourth-order valence-corrected chi connectivity index (χ4v) is 4.23. The van der Waals surface area contributed by atoms with Crippen molar-refractivity contribution in [3.8, 4) is 16.9 Å². The number of amides is 1. The average molecular weight is 554 g/mol. The maximum absolute atomic E-state index is 13.3. The van der Waals surface area contributed by atoms with Gasteiger partial charge in [-0.15, -0.1) is 0 Å². The topological polar surface area (TPSA) is 105 Å². The van der Waals surface area contributed by atoms with Gasteiger partial charge in [0.25, 0.3) is 0 Å². The number of carbonyl (C=O) groups excluding carboxylic acids is 2. The third-order valence-electron chi connectivity index (χ3n) is 6.53. The van der Waals surface area contributed by atoms with Crippen LogP contribution in [0.5, 0.6) is 5.75 Å². The smallest absolute Gasteiger partial charge is 0.247 e. The van der Waals surface area contributed by atoms with Crippen molar-refractivity contribution in [1.29, 1.82) is 0 Å². The van der Waals surface area contributed by atoms with Gasteiger partial charge in [-0.2, -0.15) is 5.10 Å². The van der Waals surface area contributed by atoms with E-state index in [1.807, 2.05) is 57.5 Å². The van der Waals surface area contributed by atoms with Crippen LogP contribution in [0, 0.1) is 0 Å². The summed E-state index contributed by atoms with van der Waals surface area (Å²) >= 11 is 0. The minimum Gasteiger partial charge on any atom is -0.494 e. The molecular weight excluding hydrogens is 518 g/mol. The lowest BCUT2D eigenvalue weighted by Crippen LogP contribution is -2.29. The van der Waals surface area contributed by atoms with E-state index in [-0.39, 0.29) is 11.7 Å². The summed E-state index contributed by atoms with van der Waals surface area (Å²) in [5, 5.41) is 10.3. The first-order chi connectivity index (χ1) is 19.7. The van der Waals surface area contributed by atoms with Crippen molar-refractivity contribution in [3.05, 3.63) is 90.9 Å². The van der Waals surface area contributed by atoms with Gasteiger partial charge in [0.15, 0.2) is 5.78 Å². The summed E-state index contributed by atoms with van der Waals surface area (Å²) in [4.78, 5) is 34.1. The molecule has 0 fully saturated rings. The summed E-state index contributed by atoms with van der Waals surface area (Å²) in [6, 6.07) is 14.4. The predicted molar refractivity (Wildman–Crippen MR) is 163 cm³/mol. The molecule has 0 aliphatic carbocycles. The van der Waals surface area contributed by atoms with Gasteiger partial charge in [0, 0.05) is 62.3 Å². The molecule has 0 unspecified atom stereocenters. The molecule has 41 heavy (non-hydrogen) atoms. The molecule has 0 saturated carbocycles. The molecule has 0 spiro atoms. The van der Waals surface area contributed by atoms with Crippen molar-refractivity contribution in [3.63, 3.8) is 0 Å². The van der Waals surface area contributed by atoms with E-state index >= 15 is 0 Å². The fraction of sp³-hybridized carbons (Fsp3) is 0.226. The molecule has 0 aliphatic heterocycles. The van der Waals surface area contributed by atoms with Gasteiger partial charge in [0.05, 0.1) is 30.4 Å². The van der Waals surface area contributed by atoms with Crippen molar-refractivity contribution >= 4 is 34.6 Å². The number of benzene rings is 2. The van der Waals surface area contributed by atoms with E-state index in [0.717, 1.165) is 29.9 Å². The van der Waals surface area contributed by atoms with Gasteiger partial charge in [-0.1, -0.05) is 30.8 Å². The number of nitrogens with zero attached hydrogens (tertiary/aromatic N) is 5. The van der Waals surface area contributed by atoms with E-state index in [1.54, 1.807) is 54.5 Å². The number of ketones is 1. The van der Waals surface area contributed by atoms with Gasteiger partial charge in [0.1, 0.15) is 11.6 Å². The van der Waals surface area contributed by atoms with Crippen LogP contribution in [0.4, 0.5) is 22.9 Å². The van der Waals surface area contributed by atoms with Crippen LogP contribution in [0.15, 0.2) is 79.8 Å². The van der Waals surface area contributed by atoms with E-state index in [0.29, 0.717) is 34.1 Å². The zero-order chi connectivity index (χ0) is 29.5. The third kappa shape index (κ3) is 7.17. The summed E-state index contributed by atoms with van der Waals surface area (Å²) in [5.41, 5.74) is 4.96. The van der Waals surface area contributed by atoms with Crippen LogP contribution in [0.25, 0.3) is 11.1 Å². The molecule has 1 amide bonds. The predicted octanol–water partition coefficient (Wildman–Crippen LogP) is 4.59. The zero-order valence-corrected chi connectivity index (χ0v) is 24.0. The molecule has 0 radical (unpaired) electrons. The van der Waals surface area contributed by atoms with Crippen LogP contribution < -0.4 is 20.3 Å². The van der Waals surface area contributed by atoms with Crippen LogP contribution in [0.2, 0.25) is 0 Å². The Morgan fingerprint density at radius 3 is 2.39 bits per heavy atom. The normalized spacial score (nSPS) is 10.8. The molecule has 0 aliphatic rings. The molecule has 4 rings (SSSR count). The average Bonchev–Trinajstić information content (AvgIpc) is 3.42. The number of anilines is 4. The van der Waals surface area contributed by atoms with Gasteiger partial charge < -0.3 is 25.2 Å². The monoisotopic (exact) mass is 553 g/mol. The lowest BCUT2D eigenvalue weighted by atomic mass is 10.0. The Kier molecular flexibility index (Phi) is 9.15. The summed E-state index contributed by atoms with van der Waals surface area (Å²) in [6.07, 6.45) is 6.51. The number of nitrogens with one attached hydrogen (secondary N) is 2. The zero-order valence-electron chi connectivity index (χ0n) is 24.0. The first-order valence-electron chi connectivity index (χ1n) is 13.1. The van der Waals surface area contributed by atoms with E-state index in [4.69, 9.17) is 4.74 Å². The largest absolute Gasteiger partial charge is 0.494 e. The highest BCUT2D eigenvalue weighted by Crippen LogP contribution is 2.38. The van der Waals surface area contributed by atoms with Gasteiger partial charge in [-0.05, 0) is 43.9 Å². The number of pyridine rings is 1. The minimum atomic E-state index is -0.330. The molecule has 2 aromatic heterocycles. The first-order valence-corrected chi connectivity index (χ1v) is 13.1. The quantitative estimate of drug-likeness (QED) is 0.194. The van der Waals surface area contributed by atoms with Crippen molar-refractivity contribution < 1.29 is 14.3 Å². The summed E-state index contributed by atoms with van der Waals surface area (Å²) in [5.74, 6) is 0.550. The highest BCUT2D eigenvalue weighted by Gasteiger charge is 2.17. The molecule has 2 N–H and O–H groups in total. The Bertz CT molecular complexity index is 1540. The number of aromatic nitrogens is 3. The number of carbonyl (C=O) groups is 2. The molecular formula is C31H35N7O3. The number of hydrogen-bond donors (Lipinski definition) is 2. The number of hydrogen-bond acceptors (Lipinski definition) is 8. The molecule has 2 aromatic carbocycles. The van der Waals surface area contributed by atoms with Crippen LogP contribution in [-0.2, 0) is 11.8 Å². The second-order valence-electron chi connectivity index (χ2n) is 9.85. The molecule has 212 valence electrons. The lowest BCUT2D eigenvalue weighted by Gasteiger charge is -2.26. The Hall–Kier alpha value is -4.96. The maximum Gasteiger partial charge on any atom is 0.247 e. The van der Waals surface area contributed by atoms with Gasteiger partial charge >= 0.3 is 0 Å². The highest BCUT2D eigenvalue weighted by atomic mass is 16.5. The first kappa shape index (κ1) is 29.0. The number of aryl methyl sites for hydroxylation is 1. The molecule has 2 heterocycles. The highest BCUT2D eigenvalue weighted by molar-refractivity contribution is 6.09. The Balaban J connectivity index is 1.60. The third-order valence-corrected chi connectivity index (χ3v) is 6.53. The lowest BCUT2D eigenvalue weighted by molar-refractivity contribution is -0.111. The Morgan fingerprint density at radius 1 is 1.00 bits per heavy atom. The molecule has 10 nitrogen and oxygen atoms in total. The van der Waals surface area contributed by atoms with E-state index in [1.165, 1.54) is 6.08 Å². The summed E-state index contributed by atoms with van der Waals surface area (Å²) in [7, 11) is 9.41. The van der Waals surface area contributed by atoms with E-state index in [2.05, 4.69) is 32.2 Å². The number of ether oxygens (including phenoxy) is 1. The van der Waals surface area contributed by atoms with Crippen LogP contribution >= 0.6 is 0 Å². The summed E-state index contributed by atoms with van der Waals surface area (Å²) < 4.78 is 7.42.